The van der Waals surface area contributed by atoms with Crippen LogP contribution in [0.2, 0.25) is 0 Å². The van der Waals surface area contributed by atoms with Crippen molar-refractivity contribution in [3.8, 4) is 12.8 Å². The first-order valence-electron chi connectivity index (χ1n) is 2.40. The first-order chi connectivity index (χ1) is 4.27. The molecule has 0 bridgehead atoms. The molecule has 0 aromatic heterocycles. The van der Waals surface area contributed by atoms with E-state index in [1.807, 2.05) is 6.92 Å². The first-order valence-corrected chi connectivity index (χ1v) is 2.40. The third-order valence-corrected chi connectivity index (χ3v) is 0.400. The van der Waals surface area contributed by atoms with Gasteiger partial charge in [0.05, 0.1) is 0 Å². The molecule has 0 spiro atoms. The van der Waals surface area contributed by atoms with E-state index in [9.17, 15) is 0 Å². The van der Waals surface area contributed by atoms with Gasteiger partial charge in [0, 0.05) is 12.4 Å². The van der Waals surface area contributed by atoms with Crippen molar-refractivity contribution in [3.63, 3.8) is 0 Å². The zero-order valence-corrected chi connectivity index (χ0v) is 5.67. The largest absolute Gasteiger partial charge is 0.265 e. The molecule has 0 radical (unpaired) electrons. The molecule has 0 aromatic rings. The van der Waals surface area contributed by atoms with Gasteiger partial charge in [-0.3, -0.25) is 4.99 Å². The van der Waals surface area contributed by atoms with E-state index in [-0.39, 0.29) is 0 Å². The molecule has 0 aliphatic carbocycles. The van der Waals surface area contributed by atoms with E-state index in [1.165, 1.54) is 6.20 Å². The molecule has 0 atom stereocenters. The van der Waals surface area contributed by atoms with Gasteiger partial charge in [-0.15, -0.1) is 12.8 Å². The van der Waals surface area contributed by atoms with Crippen molar-refractivity contribution in [2.75, 3.05) is 0 Å². The highest BCUT2D eigenvalue weighted by Crippen LogP contribution is 1.77. The minimum absolute atomic E-state index is 0.944. The highest BCUT2D eigenvalue weighted by molar-refractivity contribution is 5.76. The Morgan fingerprint density at radius 2 is 2.00 bits per heavy atom. The summed E-state index contributed by atoms with van der Waals surface area (Å²) in [6, 6.07) is 0. The molecular formula is C8H11N. The zero-order valence-electron chi connectivity index (χ0n) is 5.67. The fraction of sp³-hybridized carbons (Fsp3) is 0.125. The van der Waals surface area contributed by atoms with Crippen LogP contribution in [0, 0.1) is 12.8 Å². The summed E-state index contributed by atoms with van der Waals surface area (Å²) in [4.78, 5) is 3.71. The molecule has 9 heavy (non-hydrogen) atoms. The molecular weight excluding hydrogens is 110 g/mol. The molecule has 0 heterocycles. The summed E-state index contributed by atoms with van der Waals surface area (Å²) in [7, 11) is 0. The molecule has 1 nitrogen and oxygen atoms in total. The second kappa shape index (κ2) is 9.86. The number of aliphatic imine (C=N–C) groups is 1. The molecule has 0 rings (SSSR count). The van der Waals surface area contributed by atoms with Crippen molar-refractivity contribution in [2.24, 2.45) is 4.99 Å². The van der Waals surface area contributed by atoms with Crippen molar-refractivity contribution in [2.45, 2.75) is 6.92 Å². The minimum Gasteiger partial charge on any atom is -0.265 e. The standard InChI is InChI=1S/C6H9N.C2H2/c1-4-7-5-6(2)3;1-2/h4-5H,1-2H2,3H3;1-2H. The molecule has 0 aliphatic rings. The molecule has 1 heteroatoms. The van der Waals surface area contributed by atoms with E-state index in [0.29, 0.717) is 0 Å². The predicted octanol–water partition coefficient (Wildman–Crippen LogP) is 2.03. The number of terminal acetylenes is 1. The highest BCUT2D eigenvalue weighted by atomic mass is 14.6. The van der Waals surface area contributed by atoms with Gasteiger partial charge in [-0.2, -0.15) is 0 Å². The quantitative estimate of drug-likeness (QED) is 0.391. The number of hydrogen-bond acceptors (Lipinski definition) is 1. The Morgan fingerprint density at radius 1 is 1.56 bits per heavy atom. The van der Waals surface area contributed by atoms with Gasteiger partial charge in [0.2, 0.25) is 0 Å². The average Bonchev–Trinajstić information content (AvgIpc) is 1.88. The molecule has 0 unspecified atom stereocenters. The number of allylic oxidation sites excluding steroid dienone is 1. The summed E-state index contributed by atoms with van der Waals surface area (Å²) < 4.78 is 0. The van der Waals surface area contributed by atoms with Crippen molar-refractivity contribution in [1.29, 1.82) is 0 Å². The van der Waals surface area contributed by atoms with Crippen LogP contribution in [0.4, 0.5) is 0 Å². The van der Waals surface area contributed by atoms with Gasteiger partial charge in [-0.1, -0.05) is 13.2 Å². The molecule has 0 saturated heterocycles. The fourth-order valence-corrected chi connectivity index (χ4v) is 0.180. The summed E-state index contributed by atoms with van der Waals surface area (Å²) in [6.07, 6.45) is 11.1. The van der Waals surface area contributed by atoms with Crippen LogP contribution in [0.3, 0.4) is 0 Å². The van der Waals surface area contributed by atoms with Gasteiger partial charge < -0.3 is 0 Å². The molecule has 0 N–H and O–H groups in total. The van der Waals surface area contributed by atoms with E-state index in [1.54, 1.807) is 6.21 Å². The van der Waals surface area contributed by atoms with E-state index >= 15 is 0 Å². The summed E-state index contributed by atoms with van der Waals surface area (Å²) in [5, 5.41) is 0. The smallest absolute Gasteiger partial charge is 0.0290 e. The van der Waals surface area contributed by atoms with Crippen LogP contribution in [-0.2, 0) is 0 Å². The lowest BCUT2D eigenvalue weighted by Crippen LogP contribution is -1.68. The zero-order chi connectivity index (χ0) is 7.70. The van der Waals surface area contributed by atoms with Gasteiger partial charge in [0.15, 0.2) is 0 Å². The summed E-state index contributed by atoms with van der Waals surface area (Å²) in [5.41, 5.74) is 0.944. The number of nitrogens with zero attached hydrogens (tertiary/aromatic N) is 1. The van der Waals surface area contributed by atoms with E-state index < -0.39 is 0 Å². The van der Waals surface area contributed by atoms with Crippen LogP contribution < -0.4 is 0 Å². The Morgan fingerprint density at radius 3 is 2.11 bits per heavy atom. The Balaban J connectivity index is 0. The van der Waals surface area contributed by atoms with Crippen LogP contribution in [0.5, 0.6) is 0 Å². The molecule has 0 aromatic carbocycles. The van der Waals surface area contributed by atoms with E-state index in [4.69, 9.17) is 0 Å². The minimum atomic E-state index is 0.944. The van der Waals surface area contributed by atoms with Crippen LogP contribution in [0.15, 0.2) is 29.9 Å². The van der Waals surface area contributed by atoms with Crippen LogP contribution >= 0.6 is 0 Å². The second-order valence-corrected chi connectivity index (χ2v) is 1.31. The molecule has 0 fully saturated rings. The van der Waals surface area contributed by atoms with Crippen molar-refractivity contribution in [1.82, 2.24) is 0 Å². The highest BCUT2D eigenvalue weighted by Gasteiger charge is 1.66. The maximum absolute atomic E-state index is 4.00. The number of hydrogen-bond donors (Lipinski definition) is 0. The lowest BCUT2D eigenvalue weighted by Gasteiger charge is -1.76. The Bertz CT molecular complexity index is 129. The lowest BCUT2D eigenvalue weighted by atomic mass is 10.4. The van der Waals surface area contributed by atoms with E-state index in [2.05, 4.69) is 31.0 Å². The van der Waals surface area contributed by atoms with Gasteiger partial charge in [-0.05, 0) is 12.5 Å². The summed E-state index contributed by atoms with van der Waals surface area (Å²) in [6.45, 7) is 8.87. The molecule has 0 amide bonds. The van der Waals surface area contributed by atoms with Crippen LogP contribution in [0.1, 0.15) is 6.92 Å². The van der Waals surface area contributed by atoms with Crippen molar-refractivity contribution < 1.29 is 0 Å². The SMILES string of the molecule is C#C.C=CN=CC(=C)C. The van der Waals surface area contributed by atoms with Gasteiger partial charge in [-0.25, -0.2) is 0 Å². The van der Waals surface area contributed by atoms with Gasteiger partial charge in [0.25, 0.3) is 0 Å². The Kier molecular flexibility index (Phi) is 11.7. The third kappa shape index (κ3) is 20.3. The molecule has 0 aliphatic heterocycles. The average molecular weight is 121 g/mol. The summed E-state index contributed by atoms with van der Waals surface area (Å²) in [5.74, 6) is 0. The monoisotopic (exact) mass is 121 g/mol. The van der Waals surface area contributed by atoms with Crippen LogP contribution in [-0.4, -0.2) is 6.21 Å². The predicted molar refractivity (Wildman–Crippen MR) is 43.4 cm³/mol. The van der Waals surface area contributed by atoms with Gasteiger partial charge in [0.1, 0.15) is 0 Å². The Labute approximate surface area is 56.8 Å². The van der Waals surface area contributed by atoms with Gasteiger partial charge >= 0.3 is 0 Å². The van der Waals surface area contributed by atoms with Crippen molar-refractivity contribution in [3.05, 3.63) is 24.9 Å². The first kappa shape index (κ1) is 10.6. The van der Waals surface area contributed by atoms with Crippen molar-refractivity contribution >= 4 is 6.21 Å². The maximum Gasteiger partial charge on any atom is 0.0290 e. The second-order valence-electron chi connectivity index (χ2n) is 1.31. The van der Waals surface area contributed by atoms with Crippen LogP contribution in [0.25, 0.3) is 0 Å². The third-order valence-electron chi connectivity index (χ3n) is 0.400. The number of rotatable bonds is 2. The molecule has 0 saturated carbocycles. The van der Waals surface area contributed by atoms with E-state index in [0.717, 1.165) is 5.57 Å². The topological polar surface area (TPSA) is 12.4 Å². The maximum atomic E-state index is 4.00. The Hall–Kier alpha value is -1.29. The fourth-order valence-electron chi connectivity index (χ4n) is 0.180. The normalized spacial score (nSPS) is 7.44. The molecule has 48 valence electrons. The summed E-state index contributed by atoms with van der Waals surface area (Å²) >= 11 is 0. The lowest BCUT2D eigenvalue weighted by molar-refractivity contribution is 1.57.